The fraction of sp³-hybridized carbons (Fsp3) is 0.421. The Balaban J connectivity index is 1.93. The maximum Gasteiger partial charge on any atom is 0.408 e. The molecule has 1 amide bonds. The number of carbonyl (C=O) groups excluding carboxylic acids is 1. The Hall–Kier alpha value is -3.04. The number of anilines is 1. The molecule has 7 nitrogen and oxygen atoms in total. The Morgan fingerprint density at radius 1 is 1.31 bits per heavy atom. The fourth-order valence-corrected chi connectivity index (χ4v) is 2.97. The molecule has 2 heterocycles. The number of nitrogens with one attached hydrogen (secondary N) is 1. The number of ether oxygens (including phenoxy) is 1. The number of nitrogens with zero attached hydrogens (tertiary/aromatic N) is 3. The molecule has 156 valence electrons. The molecule has 1 N–H and O–H groups in total. The van der Waals surface area contributed by atoms with E-state index in [4.69, 9.17) is 9.26 Å². The third-order valence-corrected chi connectivity index (χ3v) is 4.20. The standard InChI is InChI=1S/C19H21F3N4O3/c1-10(2)28-13-5-6-14-16(7-13)26(9-19(20,21)22)24-18(14)23-17(27)8-15-11(3)25-29-12(15)4/h5-7,10H,8-9H2,1-4H3,(H,23,24,27). The van der Waals surface area contributed by atoms with Gasteiger partial charge in [-0.05, 0) is 39.8 Å². The van der Waals surface area contributed by atoms with E-state index in [9.17, 15) is 18.0 Å². The number of fused-ring (bicyclic) bond motifs is 1. The second kappa shape index (κ2) is 7.76. The van der Waals surface area contributed by atoms with Gasteiger partial charge in [0.25, 0.3) is 0 Å². The molecule has 0 atom stereocenters. The molecule has 10 heteroatoms. The lowest BCUT2D eigenvalue weighted by molar-refractivity contribution is -0.141. The van der Waals surface area contributed by atoms with Crippen LogP contribution in [0, 0.1) is 13.8 Å². The van der Waals surface area contributed by atoms with Gasteiger partial charge in [-0.1, -0.05) is 5.16 Å². The first-order valence-electron chi connectivity index (χ1n) is 8.99. The number of aryl methyl sites for hydroxylation is 2. The summed E-state index contributed by atoms with van der Waals surface area (Å²) in [6.45, 7) is 5.75. The highest BCUT2D eigenvalue weighted by Crippen LogP contribution is 2.30. The van der Waals surface area contributed by atoms with Crippen molar-refractivity contribution in [2.45, 2.75) is 52.9 Å². The highest BCUT2D eigenvalue weighted by Gasteiger charge is 2.30. The van der Waals surface area contributed by atoms with Gasteiger partial charge in [-0.15, -0.1) is 0 Å². The number of benzene rings is 1. The molecule has 0 radical (unpaired) electrons. The van der Waals surface area contributed by atoms with Crippen LogP contribution in [0.2, 0.25) is 0 Å². The summed E-state index contributed by atoms with van der Waals surface area (Å²) < 4.78 is 50.4. The molecule has 2 aromatic heterocycles. The van der Waals surface area contributed by atoms with Crippen LogP contribution in [-0.2, 0) is 17.8 Å². The number of rotatable bonds is 6. The van der Waals surface area contributed by atoms with Crippen molar-refractivity contribution in [1.82, 2.24) is 14.9 Å². The largest absolute Gasteiger partial charge is 0.491 e. The molecule has 29 heavy (non-hydrogen) atoms. The zero-order chi connectivity index (χ0) is 21.3. The Bertz CT molecular complexity index is 1020. The molecular formula is C19H21F3N4O3. The predicted molar refractivity (Wildman–Crippen MR) is 99.9 cm³/mol. The van der Waals surface area contributed by atoms with E-state index >= 15 is 0 Å². The van der Waals surface area contributed by atoms with Gasteiger partial charge in [-0.25, -0.2) is 0 Å². The van der Waals surface area contributed by atoms with Gasteiger partial charge in [-0.2, -0.15) is 18.3 Å². The number of amides is 1. The van der Waals surface area contributed by atoms with E-state index in [0.29, 0.717) is 28.2 Å². The van der Waals surface area contributed by atoms with Crippen LogP contribution < -0.4 is 10.1 Å². The fourth-order valence-electron chi connectivity index (χ4n) is 2.97. The zero-order valence-electron chi connectivity index (χ0n) is 16.4. The summed E-state index contributed by atoms with van der Waals surface area (Å²) in [6, 6.07) is 4.70. The molecule has 0 aliphatic rings. The van der Waals surface area contributed by atoms with Gasteiger partial charge < -0.3 is 14.6 Å². The van der Waals surface area contributed by atoms with Gasteiger partial charge in [0.05, 0.1) is 23.7 Å². The van der Waals surface area contributed by atoms with Crippen molar-refractivity contribution in [2.75, 3.05) is 5.32 Å². The van der Waals surface area contributed by atoms with E-state index in [1.165, 1.54) is 6.07 Å². The zero-order valence-corrected chi connectivity index (χ0v) is 16.4. The molecular weight excluding hydrogens is 389 g/mol. The maximum atomic E-state index is 13.0. The Labute approximate surface area is 164 Å². The Morgan fingerprint density at radius 2 is 2.03 bits per heavy atom. The second-order valence-electron chi connectivity index (χ2n) is 6.99. The SMILES string of the molecule is Cc1noc(C)c1CC(=O)Nc1nn(CC(F)(F)F)c2cc(OC(C)C)ccc12. The summed E-state index contributed by atoms with van der Waals surface area (Å²) in [5, 5.41) is 10.8. The van der Waals surface area contributed by atoms with Crippen molar-refractivity contribution in [3.8, 4) is 5.75 Å². The average Bonchev–Trinajstić information content (AvgIpc) is 3.07. The third kappa shape index (κ3) is 4.87. The van der Waals surface area contributed by atoms with Gasteiger partial charge in [0, 0.05) is 17.0 Å². The molecule has 0 fully saturated rings. The number of carbonyl (C=O) groups is 1. The van der Waals surface area contributed by atoms with Gasteiger partial charge in [-0.3, -0.25) is 9.48 Å². The van der Waals surface area contributed by atoms with E-state index in [0.717, 1.165) is 4.68 Å². The van der Waals surface area contributed by atoms with Crippen molar-refractivity contribution in [3.63, 3.8) is 0 Å². The van der Waals surface area contributed by atoms with Crippen LogP contribution in [0.5, 0.6) is 5.75 Å². The average molecular weight is 410 g/mol. The lowest BCUT2D eigenvalue weighted by Crippen LogP contribution is -2.19. The van der Waals surface area contributed by atoms with Crippen molar-refractivity contribution < 1.29 is 27.2 Å². The van der Waals surface area contributed by atoms with Gasteiger partial charge in [0.1, 0.15) is 18.1 Å². The van der Waals surface area contributed by atoms with Gasteiger partial charge in [0.2, 0.25) is 5.91 Å². The molecule has 0 unspecified atom stereocenters. The molecule has 0 saturated carbocycles. The van der Waals surface area contributed by atoms with E-state index < -0.39 is 18.6 Å². The van der Waals surface area contributed by atoms with E-state index in [2.05, 4.69) is 15.6 Å². The van der Waals surface area contributed by atoms with Crippen molar-refractivity contribution >= 4 is 22.6 Å². The quantitative estimate of drug-likeness (QED) is 0.660. The van der Waals surface area contributed by atoms with E-state index in [1.54, 1.807) is 26.0 Å². The predicted octanol–water partition coefficient (Wildman–Crippen LogP) is 4.17. The Morgan fingerprint density at radius 3 is 2.62 bits per heavy atom. The summed E-state index contributed by atoms with van der Waals surface area (Å²) in [7, 11) is 0. The molecule has 0 bridgehead atoms. The van der Waals surface area contributed by atoms with Crippen LogP contribution >= 0.6 is 0 Å². The minimum atomic E-state index is -4.47. The first kappa shape index (κ1) is 20.7. The monoisotopic (exact) mass is 410 g/mol. The maximum absolute atomic E-state index is 13.0. The molecule has 0 saturated heterocycles. The van der Waals surface area contributed by atoms with Crippen LogP contribution in [0.4, 0.5) is 19.0 Å². The lowest BCUT2D eigenvalue weighted by atomic mass is 10.1. The molecule has 0 aliphatic heterocycles. The van der Waals surface area contributed by atoms with Gasteiger partial charge >= 0.3 is 6.18 Å². The Kier molecular flexibility index (Phi) is 5.54. The number of hydrogen-bond donors (Lipinski definition) is 1. The summed E-state index contributed by atoms with van der Waals surface area (Å²) in [5.41, 5.74) is 1.43. The molecule has 1 aromatic carbocycles. The highest BCUT2D eigenvalue weighted by molar-refractivity contribution is 6.01. The molecule has 0 aliphatic carbocycles. The smallest absolute Gasteiger partial charge is 0.408 e. The molecule has 3 aromatic rings. The first-order valence-corrected chi connectivity index (χ1v) is 8.99. The number of hydrogen-bond acceptors (Lipinski definition) is 5. The summed E-state index contributed by atoms with van der Waals surface area (Å²) >= 11 is 0. The second-order valence-corrected chi connectivity index (χ2v) is 6.99. The lowest BCUT2D eigenvalue weighted by Gasteiger charge is -2.11. The molecule has 3 rings (SSSR count). The highest BCUT2D eigenvalue weighted by atomic mass is 19.4. The third-order valence-electron chi connectivity index (χ3n) is 4.20. The summed E-state index contributed by atoms with van der Waals surface area (Å²) in [4.78, 5) is 12.5. The summed E-state index contributed by atoms with van der Waals surface area (Å²) in [5.74, 6) is 0.558. The number of halogens is 3. The van der Waals surface area contributed by atoms with E-state index in [-0.39, 0.29) is 23.9 Å². The van der Waals surface area contributed by atoms with Crippen LogP contribution in [0.1, 0.15) is 30.9 Å². The van der Waals surface area contributed by atoms with Crippen LogP contribution in [-0.4, -0.2) is 33.1 Å². The van der Waals surface area contributed by atoms with Gasteiger partial charge in [0.15, 0.2) is 5.82 Å². The topological polar surface area (TPSA) is 82.2 Å². The normalized spacial score (nSPS) is 12.0. The minimum Gasteiger partial charge on any atom is -0.491 e. The van der Waals surface area contributed by atoms with Crippen LogP contribution in [0.15, 0.2) is 22.7 Å². The van der Waals surface area contributed by atoms with Crippen molar-refractivity contribution in [2.24, 2.45) is 0 Å². The van der Waals surface area contributed by atoms with E-state index in [1.807, 2.05) is 13.8 Å². The molecule has 0 spiro atoms. The van der Waals surface area contributed by atoms with Crippen LogP contribution in [0.25, 0.3) is 10.9 Å². The number of alkyl halides is 3. The van der Waals surface area contributed by atoms with Crippen molar-refractivity contribution in [3.05, 3.63) is 35.2 Å². The van der Waals surface area contributed by atoms with Crippen LogP contribution in [0.3, 0.4) is 0 Å². The van der Waals surface area contributed by atoms with Crippen molar-refractivity contribution in [1.29, 1.82) is 0 Å². The number of aromatic nitrogens is 3. The summed E-state index contributed by atoms with van der Waals surface area (Å²) in [6.07, 6.45) is -4.63. The minimum absolute atomic E-state index is 0.0245. The first-order chi connectivity index (χ1) is 13.5.